The summed E-state index contributed by atoms with van der Waals surface area (Å²) in [5, 5.41) is 4.08. The molecule has 5 nitrogen and oxygen atoms in total. The zero-order valence-corrected chi connectivity index (χ0v) is 23.4. The summed E-state index contributed by atoms with van der Waals surface area (Å²) in [5.41, 5.74) is 7.94. The maximum absolute atomic E-state index is 6.42. The van der Waals surface area contributed by atoms with Crippen LogP contribution in [0.4, 0.5) is 0 Å². The first-order valence-corrected chi connectivity index (χ1v) is 14.5. The second kappa shape index (κ2) is 9.75. The lowest BCUT2D eigenvalue weighted by Gasteiger charge is -2.12. The average Bonchev–Trinajstić information content (AvgIpc) is 3.67. The normalized spacial score (nSPS) is 11.6. The number of nitrogens with zero attached hydrogens (tertiary/aromatic N) is 3. The van der Waals surface area contributed by atoms with Crippen LogP contribution in [-0.4, -0.2) is 15.0 Å². The lowest BCUT2D eigenvalue weighted by atomic mass is 9.99. The second-order valence-electron chi connectivity index (χ2n) is 10.8. The Bertz CT molecular complexity index is 2510. The van der Waals surface area contributed by atoms with Crippen molar-refractivity contribution in [1.29, 1.82) is 0 Å². The number of aromatic nitrogens is 3. The Balaban J connectivity index is 1.36. The number of rotatable bonds is 4. The predicted molar refractivity (Wildman–Crippen MR) is 176 cm³/mol. The van der Waals surface area contributed by atoms with E-state index in [-0.39, 0.29) is 0 Å². The van der Waals surface area contributed by atoms with E-state index in [1.165, 1.54) is 0 Å². The van der Waals surface area contributed by atoms with Gasteiger partial charge < -0.3 is 8.83 Å². The Morgan fingerprint density at radius 3 is 1.68 bits per heavy atom. The van der Waals surface area contributed by atoms with Gasteiger partial charge in [0, 0.05) is 32.7 Å². The standard InChI is InChI=1S/C39H23N3O2/c1-2-12-24(13-3-1)25-14-4-5-16-28(25)37-40-38(30-19-11-23-34-35(30)29-17-7-9-22-33(29)43-34)42-39(41-37)31-20-10-18-27-26-15-6-8-21-32(26)44-36(27)31/h1-23H. The Morgan fingerprint density at radius 2 is 0.864 bits per heavy atom. The van der Waals surface area contributed by atoms with Crippen LogP contribution in [0.1, 0.15) is 0 Å². The molecule has 0 radical (unpaired) electrons. The van der Waals surface area contributed by atoms with E-state index >= 15 is 0 Å². The summed E-state index contributed by atoms with van der Waals surface area (Å²) in [4.78, 5) is 15.4. The Morgan fingerprint density at radius 1 is 0.341 bits per heavy atom. The van der Waals surface area contributed by atoms with Crippen LogP contribution in [0.2, 0.25) is 0 Å². The second-order valence-corrected chi connectivity index (χ2v) is 10.8. The number of hydrogen-bond acceptors (Lipinski definition) is 5. The molecule has 44 heavy (non-hydrogen) atoms. The van der Waals surface area contributed by atoms with Gasteiger partial charge in [-0.3, -0.25) is 0 Å². The van der Waals surface area contributed by atoms with Gasteiger partial charge in [0.05, 0.1) is 5.56 Å². The van der Waals surface area contributed by atoms with Gasteiger partial charge in [-0.2, -0.15) is 0 Å². The zero-order chi connectivity index (χ0) is 29.0. The van der Waals surface area contributed by atoms with E-state index in [4.69, 9.17) is 23.8 Å². The highest BCUT2D eigenvalue weighted by atomic mass is 16.3. The van der Waals surface area contributed by atoms with Crippen molar-refractivity contribution in [2.45, 2.75) is 0 Å². The summed E-state index contributed by atoms with van der Waals surface area (Å²) >= 11 is 0. The molecule has 3 aromatic heterocycles. The molecular formula is C39H23N3O2. The van der Waals surface area contributed by atoms with Crippen molar-refractivity contribution in [2.75, 3.05) is 0 Å². The van der Waals surface area contributed by atoms with Crippen LogP contribution >= 0.6 is 0 Å². The molecular weight excluding hydrogens is 542 g/mol. The van der Waals surface area contributed by atoms with Crippen LogP contribution in [0.15, 0.2) is 148 Å². The van der Waals surface area contributed by atoms with Crippen LogP contribution in [-0.2, 0) is 0 Å². The zero-order valence-electron chi connectivity index (χ0n) is 23.4. The van der Waals surface area contributed by atoms with Gasteiger partial charge in [-0.15, -0.1) is 0 Å². The molecule has 9 aromatic rings. The molecule has 0 amide bonds. The summed E-state index contributed by atoms with van der Waals surface area (Å²) in [6.45, 7) is 0. The third kappa shape index (κ3) is 3.83. The highest BCUT2D eigenvalue weighted by molar-refractivity contribution is 6.12. The molecule has 0 aliphatic heterocycles. The Hall–Kier alpha value is -6.07. The third-order valence-corrected chi connectivity index (χ3v) is 8.18. The largest absolute Gasteiger partial charge is 0.456 e. The first-order chi connectivity index (χ1) is 21.8. The SMILES string of the molecule is c1ccc(-c2ccccc2-c2nc(-c3cccc4c3oc3ccccc34)nc(-c3cccc4oc5ccccc5c34)n2)cc1. The molecule has 0 fully saturated rings. The molecule has 0 atom stereocenters. The first-order valence-electron chi connectivity index (χ1n) is 14.5. The molecule has 0 unspecified atom stereocenters. The smallest absolute Gasteiger partial charge is 0.167 e. The number of hydrogen-bond donors (Lipinski definition) is 0. The predicted octanol–water partition coefficient (Wildman–Crippen LogP) is 10.3. The molecule has 0 bridgehead atoms. The van der Waals surface area contributed by atoms with Gasteiger partial charge in [-0.05, 0) is 35.4 Å². The molecule has 206 valence electrons. The van der Waals surface area contributed by atoms with E-state index in [0.29, 0.717) is 17.5 Å². The summed E-state index contributed by atoms with van der Waals surface area (Å²) in [5.74, 6) is 1.70. The molecule has 6 aromatic carbocycles. The lowest BCUT2D eigenvalue weighted by Crippen LogP contribution is -2.01. The molecule has 0 saturated heterocycles. The van der Waals surface area contributed by atoms with Crippen LogP contribution in [0.3, 0.4) is 0 Å². The maximum atomic E-state index is 6.42. The van der Waals surface area contributed by atoms with Gasteiger partial charge in [0.1, 0.15) is 22.3 Å². The third-order valence-electron chi connectivity index (χ3n) is 8.18. The van der Waals surface area contributed by atoms with Crippen LogP contribution in [0.25, 0.3) is 89.2 Å². The molecule has 0 spiro atoms. The monoisotopic (exact) mass is 565 g/mol. The maximum Gasteiger partial charge on any atom is 0.167 e. The van der Waals surface area contributed by atoms with Gasteiger partial charge in [-0.25, -0.2) is 15.0 Å². The lowest BCUT2D eigenvalue weighted by molar-refractivity contribution is 0.668. The minimum Gasteiger partial charge on any atom is -0.456 e. The fourth-order valence-corrected chi connectivity index (χ4v) is 6.17. The quantitative estimate of drug-likeness (QED) is 0.212. The fourth-order valence-electron chi connectivity index (χ4n) is 6.17. The van der Waals surface area contributed by atoms with E-state index in [1.54, 1.807) is 0 Å². The fraction of sp³-hybridized carbons (Fsp3) is 0. The summed E-state index contributed by atoms with van der Waals surface area (Å²) in [6, 6.07) is 46.9. The number of fused-ring (bicyclic) bond motifs is 6. The Labute approximate surface area is 252 Å². The summed E-state index contributed by atoms with van der Waals surface area (Å²) < 4.78 is 12.6. The molecule has 0 saturated carbocycles. The van der Waals surface area contributed by atoms with Crippen molar-refractivity contribution in [1.82, 2.24) is 15.0 Å². The minimum atomic E-state index is 0.544. The van der Waals surface area contributed by atoms with Gasteiger partial charge in [0.2, 0.25) is 0 Å². The highest BCUT2D eigenvalue weighted by Crippen LogP contribution is 2.39. The summed E-state index contributed by atoms with van der Waals surface area (Å²) in [6.07, 6.45) is 0. The van der Waals surface area contributed by atoms with E-state index in [2.05, 4.69) is 48.5 Å². The number of furan rings is 2. The Kier molecular flexibility index (Phi) is 5.43. The van der Waals surface area contributed by atoms with E-state index in [9.17, 15) is 0 Å². The summed E-state index contributed by atoms with van der Waals surface area (Å²) in [7, 11) is 0. The van der Waals surface area contributed by atoms with Crippen molar-refractivity contribution < 1.29 is 8.83 Å². The number of benzene rings is 6. The van der Waals surface area contributed by atoms with Crippen molar-refractivity contribution in [3.8, 4) is 45.3 Å². The molecule has 3 heterocycles. The molecule has 9 rings (SSSR count). The van der Waals surface area contributed by atoms with Crippen molar-refractivity contribution in [3.05, 3.63) is 140 Å². The van der Waals surface area contributed by atoms with Gasteiger partial charge in [-0.1, -0.05) is 115 Å². The molecule has 0 aliphatic carbocycles. The van der Waals surface area contributed by atoms with Gasteiger partial charge >= 0.3 is 0 Å². The minimum absolute atomic E-state index is 0.544. The van der Waals surface area contributed by atoms with Crippen molar-refractivity contribution in [3.63, 3.8) is 0 Å². The highest BCUT2D eigenvalue weighted by Gasteiger charge is 2.21. The van der Waals surface area contributed by atoms with Crippen molar-refractivity contribution in [2.24, 2.45) is 0 Å². The molecule has 0 N–H and O–H groups in total. The van der Waals surface area contributed by atoms with E-state index in [1.807, 2.05) is 91.0 Å². The van der Waals surface area contributed by atoms with Crippen LogP contribution in [0.5, 0.6) is 0 Å². The van der Waals surface area contributed by atoms with Gasteiger partial charge in [0.25, 0.3) is 0 Å². The first kappa shape index (κ1) is 24.5. The van der Waals surface area contributed by atoms with Crippen LogP contribution in [0, 0.1) is 0 Å². The van der Waals surface area contributed by atoms with E-state index in [0.717, 1.165) is 71.7 Å². The van der Waals surface area contributed by atoms with Crippen molar-refractivity contribution >= 4 is 43.9 Å². The number of para-hydroxylation sites is 3. The van der Waals surface area contributed by atoms with E-state index < -0.39 is 0 Å². The topological polar surface area (TPSA) is 65.0 Å². The molecule has 5 heteroatoms. The average molecular weight is 566 g/mol. The van der Waals surface area contributed by atoms with Crippen LogP contribution < -0.4 is 0 Å². The van der Waals surface area contributed by atoms with Gasteiger partial charge in [0.15, 0.2) is 17.5 Å². The molecule has 0 aliphatic rings.